The molecule has 3 N–H and O–H groups in total. The highest BCUT2D eigenvalue weighted by atomic mass is 15.3. The maximum atomic E-state index is 4.09. The van der Waals surface area contributed by atoms with E-state index in [0.717, 1.165) is 36.7 Å². The highest BCUT2D eigenvalue weighted by Crippen LogP contribution is 2.18. The van der Waals surface area contributed by atoms with Crippen LogP contribution in [-0.4, -0.2) is 34.5 Å². The summed E-state index contributed by atoms with van der Waals surface area (Å²) in [5.41, 5.74) is 3.11. The first-order chi connectivity index (χ1) is 8.92. The fourth-order valence-electron chi connectivity index (χ4n) is 2.04. The van der Waals surface area contributed by atoms with Gasteiger partial charge in [0.2, 0.25) is 0 Å². The van der Waals surface area contributed by atoms with Crippen molar-refractivity contribution < 1.29 is 0 Å². The third-order valence-electron chi connectivity index (χ3n) is 3.25. The standard InChI is InChI=1S/C13H19N5/c1(7-15-11-3-4-11)6-14-9-10-2-5-12-13(8-10)17-18-16-12/h2,5,8,11,14-15H,1,3-4,6-7,9H2,(H,16,17,18). The second kappa shape index (κ2) is 5.46. The largest absolute Gasteiger partial charge is 0.314 e. The van der Waals surface area contributed by atoms with Crippen LogP contribution in [-0.2, 0) is 6.54 Å². The van der Waals surface area contributed by atoms with Gasteiger partial charge < -0.3 is 10.6 Å². The zero-order valence-corrected chi connectivity index (χ0v) is 10.4. The zero-order chi connectivity index (χ0) is 12.2. The second-order valence-electron chi connectivity index (χ2n) is 4.91. The van der Waals surface area contributed by atoms with E-state index in [-0.39, 0.29) is 0 Å². The van der Waals surface area contributed by atoms with E-state index in [1.165, 1.54) is 24.8 Å². The van der Waals surface area contributed by atoms with Crippen LogP contribution >= 0.6 is 0 Å². The van der Waals surface area contributed by atoms with Crippen molar-refractivity contribution in [1.29, 1.82) is 0 Å². The molecule has 18 heavy (non-hydrogen) atoms. The smallest absolute Gasteiger partial charge is 0.113 e. The number of nitrogens with zero attached hydrogens (tertiary/aromatic N) is 2. The van der Waals surface area contributed by atoms with Crippen molar-refractivity contribution in [2.24, 2.45) is 0 Å². The van der Waals surface area contributed by atoms with Gasteiger partial charge in [0.05, 0.1) is 0 Å². The second-order valence-corrected chi connectivity index (χ2v) is 4.91. The molecule has 0 amide bonds. The van der Waals surface area contributed by atoms with Crippen LogP contribution in [0.3, 0.4) is 0 Å². The number of nitrogens with one attached hydrogen (secondary N) is 3. The topological polar surface area (TPSA) is 65.6 Å². The van der Waals surface area contributed by atoms with Gasteiger partial charge in [-0.2, -0.15) is 15.4 Å². The fourth-order valence-corrected chi connectivity index (χ4v) is 2.04. The first-order valence-corrected chi connectivity index (χ1v) is 6.65. The Hall–Kier alpha value is -1.46. The Bertz CT molecular complexity index is 503. The van der Waals surface area contributed by atoms with Crippen molar-refractivity contribution in [3.05, 3.63) is 23.8 Å². The van der Waals surface area contributed by atoms with Gasteiger partial charge in [0.1, 0.15) is 11.0 Å². The molecular formula is C13H19N5. The molecule has 1 saturated carbocycles. The van der Waals surface area contributed by atoms with Crippen LogP contribution < -0.4 is 10.6 Å². The summed E-state index contributed by atoms with van der Waals surface area (Å²) < 4.78 is 0. The molecule has 1 aliphatic rings. The lowest BCUT2D eigenvalue weighted by Crippen LogP contribution is -2.23. The molecule has 0 atom stereocenters. The predicted octanol–water partition coefficient (Wildman–Crippen LogP) is 1.19. The number of rotatable bonds is 7. The van der Waals surface area contributed by atoms with Gasteiger partial charge in [-0.3, -0.25) is 0 Å². The Morgan fingerprint density at radius 3 is 2.94 bits per heavy atom. The van der Waals surface area contributed by atoms with Crippen LogP contribution in [0, 0.1) is 0 Å². The Balaban J connectivity index is 1.38. The molecule has 0 unspecified atom stereocenters. The molecule has 1 aliphatic carbocycles. The van der Waals surface area contributed by atoms with Gasteiger partial charge in [-0.15, -0.1) is 0 Å². The van der Waals surface area contributed by atoms with E-state index < -0.39 is 0 Å². The Labute approximate surface area is 106 Å². The average molecular weight is 245 g/mol. The molecule has 0 aliphatic heterocycles. The molecule has 96 valence electrons. The minimum Gasteiger partial charge on any atom is -0.314 e. The normalized spacial score (nSPS) is 15.3. The number of hydrogen-bond acceptors (Lipinski definition) is 4. The molecule has 1 heterocycles. The summed E-state index contributed by atoms with van der Waals surface area (Å²) >= 11 is 0. The summed E-state index contributed by atoms with van der Waals surface area (Å²) in [4.78, 5) is 0. The van der Waals surface area contributed by atoms with E-state index in [4.69, 9.17) is 0 Å². The molecule has 1 aromatic carbocycles. The third kappa shape index (κ3) is 3.05. The molecule has 1 aromatic heterocycles. The fraction of sp³-hybridized carbons (Fsp3) is 0.538. The summed E-state index contributed by atoms with van der Waals surface area (Å²) in [6, 6.07) is 7.00. The number of aromatic amines is 1. The molecule has 0 saturated heterocycles. The third-order valence-corrected chi connectivity index (χ3v) is 3.25. The minimum absolute atomic E-state index is 0.819. The van der Waals surface area contributed by atoms with Crippen molar-refractivity contribution in [2.75, 3.05) is 13.1 Å². The van der Waals surface area contributed by atoms with Crippen LogP contribution in [0.1, 0.15) is 24.8 Å². The van der Waals surface area contributed by atoms with Gasteiger partial charge in [-0.1, -0.05) is 6.07 Å². The summed E-state index contributed by atoms with van der Waals surface area (Å²) in [6.07, 6.45) is 3.92. The zero-order valence-electron chi connectivity index (χ0n) is 10.4. The van der Waals surface area contributed by atoms with Gasteiger partial charge in [0.25, 0.3) is 0 Å². The highest BCUT2D eigenvalue weighted by Gasteiger charge is 2.19. The Morgan fingerprint density at radius 1 is 1.17 bits per heavy atom. The van der Waals surface area contributed by atoms with Crippen LogP contribution in [0.15, 0.2) is 18.2 Å². The van der Waals surface area contributed by atoms with E-state index in [1.54, 1.807) is 0 Å². The summed E-state index contributed by atoms with van der Waals surface area (Å²) in [5, 5.41) is 17.7. The van der Waals surface area contributed by atoms with E-state index in [0.29, 0.717) is 0 Å². The van der Waals surface area contributed by atoms with E-state index in [2.05, 4.69) is 38.2 Å². The molecule has 3 rings (SSSR count). The SMILES string of the molecule is c1cc2n[nH]nc2cc1CNCCCNC1CC1. The van der Waals surface area contributed by atoms with Crippen molar-refractivity contribution in [2.45, 2.75) is 31.8 Å². The van der Waals surface area contributed by atoms with E-state index >= 15 is 0 Å². The van der Waals surface area contributed by atoms with Crippen molar-refractivity contribution in [1.82, 2.24) is 26.0 Å². The van der Waals surface area contributed by atoms with Gasteiger partial charge in [-0.05, 0) is 50.0 Å². The average Bonchev–Trinajstić information content (AvgIpc) is 3.09. The highest BCUT2D eigenvalue weighted by molar-refractivity contribution is 5.74. The van der Waals surface area contributed by atoms with Gasteiger partial charge in [0, 0.05) is 12.6 Å². The minimum atomic E-state index is 0.819. The molecule has 2 aromatic rings. The number of benzene rings is 1. The van der Waals surface area contributed by atoms with Crippen molar-refractivity contribution >= 4 is 11.0 Å². The number of fused-ring (bicyclic) bond motifs is 1. The van der Waals surface area contributed by atoms with Crippen LogP contribution in [0.4, 0.5) is 0 Å². The quantitative estimate of drug-likeness (QED) is 0.641. The van der Waals surface area contributed by atoms with Gasteiger partial charge >= 0.3 is 0 Å². The monoisotopic (exact) mass is 245 g/mol. The van der Waals surface area contributed by atoms with E-state index in [1.807, 2.05) is 6.07 Å². The van der Waals surface area contributed by atoms with Crippen LogP contribution in [0.5, 0.6) is 0 Å². The molecule has 5 nitrogen and oxygen atoms in total. The van der Waals surface area contributed by atoms with E-state index in [9.17, 15) is 0 Å². The lowest BCUT2D eigenvalue weighted by atomic mass is 10.2. The Morgan fingerprint density at radius 2 is 2.06 bits per heavy atom. The molecule has 5 heteroatoms. The number of H-pyrrole nitrogens is 1. The Kier molecular flexibility index (Phi) is 3.52. The van der Waals surface area contributed by atoms with Crippen molar-refractivity contribution in [3.8, 4) is 0 Å². The van der Waals surface area contributed by atoms with Gasteiger partial charge in [-0.25, -0.2) is 0 Å². The maximum absolute atomic E-state index is 4.09. The van der Waals surface area contributed by atoms with Gasteiger partial charge in [0.15, 0.2) is 0 Å². The van der Waals surface area contributed by atoms with Crippen LogP contribution in [0.2, 0.25) is 0 Å². The maximum Gasteiger partial charge on any atom is 0.113 e. The lowest BCUT2D eigenvalue weighted by Gasteiger charge is -2.05. The van der Waals surface area contributed by atoms with Crippen LogP contribution in [0.25, 0.3) is 11.0 Å². The molecule has 0 bridgehead atoms. The number of aromatic nitrogens is 3. The summed E-state index contributed by atoms with van der Waals surface area (Å²) in [7, 11) is 0. The predicted molar refractivity (Wildman–Crippen MR) is 71.2 cm³/mol. The summed E-state index contributed by atoms with van der Waals surface area (Å²) in [5.74, 6) is 0. The molecular weight excluding hydrogens is 226 g/mol. The molecule has 1 fully saturated rings. The van der Waals surface area contributed by atoms with Crippen molar-refractivity contribution in [3.63, 3.8) is 0 Å². The summed E-state index contributed by atoms with van der Waals surface area (Å²) in [6.45, 7) is 3.07. The first-order valence-electron chi connectivity index (χ1n) is 6.65. The lowest BCUT2D eigenvalue weighted by molar-refractivity contribution is 0.593. The number of hydrogen-bond donors (Lipinski definition) is 3. The molecule has 0 spiro atoms. The molecule has 0 radical (unpaired) electrons. The first kappa shape index (κ1) is 11.6.